The fourth-order valence-corrected chi connectivity index (χ4v) is 0.706. The highest BCUT2D eigenvalue weighted by Gasteiger charge is 2.01. The van der Waals surface area contributed by atoms with Gasteiger partial charge in [0.25, 0.3) is 0 Å². The monoisotopic (exact) mass is 163 g/mol. The molecule has 1 N–H and O–H groups in total. The maximum absolute atomic E-state index is 11.1. The predicted molar refractivity (Wildman–Crippen MR) is 48.0 cm³/mol. The standard InChI is InChI=1S/C9H11N2O/c1-11(2)9(12)10-8-6-4-3-5-7-8/h3-4,6-7H,1-2H3,(H,10,12). The van der Waals surface area contributed by atoms with Gasteiger partial charge in [-0.3, -0.25) is 0 Å². The smallest absolute Gasteiger partial charge is 0.321 e. The van der Waals surface area contributed by atoms with E-state index in [0.717, 1.165) is 5.69 Å². The van der Waals surface area contributed by atoms with Crippen molar-refractivity contribution in [3.8, 4) is 0 Å². The summed E-state index contributed by atoms with van der Waals surface area (Å²) >= 11 is 0. The van der Waals surface area contributed by atoms with Crippen LogP contribution in [0.1, 0.15) is 0 Å². The molecule has 0 atom stereocenters. The average molecular weight is 163 g/mol. The van der Waals surface area contributed by atoms with Gasteiger partial charge in [-0.05, 0) is 18.2 Å². The molecule has 1 aromatic carbocycles. The second-order valence-corrected chi connectivity index (χ2v) is 2.62. The van der Waals surface area contributed by atoms with E-state index < -0.39 is 0 Å². The molecule has 1 aromatic rings. The predicted octanol–water partition coefficient (Wildman–Crippen LogP) is 1.58. The summed E-state index contributed by atoms with van der Waals surface area (Å²) in [6.45, 7) is 0. The minimum Gasteiger partial charge on any atom is -0.331 e. The van der Waals surface area contributed by atoms with Gasteiger partial charge >= 0.3 is 6.03 Å². The molecule has 0 heterocycles. The van der Waals surface area contributed by atoms with Crippen molar-refractivity contribution in [3.05, 3.63) is 30.3 Å². The summed E-state index contributed by atoms with van der Waals surface area (Å²) in [5, 5.41) is 2.70. The molecule has 0 saturated carbocycles. The lowest BCUT2D eigenvalue weighted by molar-refractivity contribution is 0.230. The largest absolute Gasteiger partial charge is 0.331 e. The molecule has 2 amide bonds. The molecule has 3 nitrogen and oxygen atoms in total. The third-order valence-electron chi connectivity index (χ3n) is 1.36. The third-order valence-corrected chi connectivity index (χ3v) is 1.36. The van der Waals surface area contributed by atoms with E-state index in [1.165, 1.54) is 4.90 Å². The highest BCUT2D eigenvalue weighted by Crippen LogP contribution is 2.04. The van der Waals surface area contributed by atoms with Gasteiger partial charge in [-0.1, -0.05) is 12.1 Å². The van der Waals surface area contributed by atoms with Crippen LogP contribution in [-0.4, -0.2) is 25.0 Å². The molecule has 0 fully saturated rings. The fraction of sp³-hybridized carbons (Fsp3) is 0.222. The van der Waals surface area contributed by atoms with Crippen LogP contribution in [0.5, 0.6) is 0 Å². The Balaban J connectivity index is 2.59. The van der Waals surface area contributed by atoms with Crippen molar-refractivity contribution in [3.63, 3.8) is 0 Å². The number of carbonyl (C=O) groups is 1. The van der Waals surface area contributed by atoms with Crippen molar-refractivity contribution in [2.24, 2.45) is 0 Å². The Labute approximate surface area is 72.0 Å². The molecule has 0 aliphatic carbocycles. The molecule has 0 aromatic heterocycles. The summed E-state index contributed by atoms with van der Waals surface area (Å²) in [6.07, 6.45) is 0. The first-order valence-corrected chi connectivity index (χ1v) is 3.64. The second kappa shape index (κ2) is 3.76. The summed E-state index contributed by atoms with van der Waals surface area (Å²) in [5.41, 5.74) is 0.760. The Morgan fingerprint density at radius 2 is 2.33 bits per heavy atom. The first kappa shape index (κ1) is 8.59. The number of anilines is 1. The zero-order valence-electron chi connectivity index (χ0n) is 7.16. The third kappa shape index (κ3) is 2.27. The van der Waals surface area contributed by atoms with Crippen molar-refractivity contribution in [1.29, 1.82) is 0 Å². The highest BCUT2D eigenvalue weighted by atomic mass is 16.2. The zero-order chi connectivity index (χ0) is 8.97. The molecule has 3 heteroatoms. The molecule has 1 rings (SSSR count). The van der Waals surface area contributed by atoms with E-state index in [4.69, 9.17) is 0 Å². The number of amides is 2. The number of nitrogens with one attached hydrogen (secondary N) is 1. The normalized spacial score (nSPS) is 9.17. The maximum atomic E-state index is 11.1. The topological polar surface area (TPSA) is 32.3 Å². The second-order valence-electron chi connectivity index (χ2n) is 2.62. The van der Waals surface area contributed by atoms with Gasteiger partial charge in [0.1, 0.15) is 0 Å². The molecule has 0 aliphatic rings. The molecule has 12 heavy (non-hydrogen) atoms. The summed E-state index contributed by atoms with van der Waals surface area (Å²) in [4.78, 5) is 12.6. The highest BCUT2D eigenvalue weighted by molar-refractivity contribution is 5.88. The SMILES string of the molecule is CN(C)C(=O)Nc1c[c]ccc1. The first-order chi connectivity index (χ1) is 5.70. The van der Waals surface area contributed by atoms with Gasteiger partial charge in [-0.25, -0.2) is 4.79 Å². The van der Waals surface area contributed by atoms with Gasteiger partial charge in [0.05, 0.1) is 0 Å². The van der Waals surface area contributed by atoms with E-state index in [1.807, 2.05) is 12.1 Å². The Morgan fingerprint density at radius 1 is 1.58 bits per heavy atom. The molecule has 0 spiro atoms. The van der Waals surface area contributed by atoms with E-state index in [-0.39, 0.29) is 6.03 Å². The van der Waals surface area contributed by atoms with E-state index in [0.29, 0.717) is 0 Å². The summed E-state index contributed by atoms with van der Waals surface area (Å²) in [5.74, 6) is 0. The number of urea groups is 1. The Kier molecular flexibility index (Phi) is 2.69. The maximum Gasteiger partial charge on any atom is 0.321 e. The quantitative estimate of drug-likeness (QED) is 0.669. The van der Waals surface area contributed by atoms with Crippen LogP contribution in [0, 0.1) is 6.07 Å². The van der Waals surface area contributed by atoms with Gasteiger partial charge in [-0.15, -0.1) is 0 Å². The first-order valence-electron chi connectivity index (χ1n) is 3.64. The number of benzene rings is 1. The van der Waals surface area contributed by atoms with Crippen LogP contribution < -0.4 is 5.32 Å². The minimum absolute atomic E-state index is 0.130. The molecule has 1 radical (unpaired) electrons. The lowest BCUT2D eigenvalue weighted by Gasteiger charge is -2.11. The molecule has 63 valence electrons. The molecule has 0 aliphatic heterocycles. The van der Waals surface area contributed by atoms with Crippen LogP contribution in [0.4, 0.5) is 10.5 Å². The van der Waals surface area contributed by atoms with Crippen molar-refractivity contribution >= 4 is 11.7 Å². The Morgan fingerprint density at radius 3 is 2.83 bits per heavy atom. The number of nitrogens with zero attached hydrogens (tertiary/aromatic N) is 1. The van der Waals surface area contributed by atoms with Crippen LogP contribution in [0.25, 0.3) is 0 Å². The van der Waals surface area contributed by atoms with Crippen LogP contribution in [0.2, 0.25) is 0 Å². The summed E-state index contributed by atoms with van der Waals surface area (Å²) in [7, 11) is 3.39. The lowest BCUT2D eigenvalue weighted by atomic mass is 10.3. The Bertz CT molecular complexity index is 256. The van der Waals surface area contributed by atoms with Crippen molar-refractivity contribution in [1.82, 2.24) is 4.90 Å². The van der Waals surface area contributed by atoms with E-state index in [9.17, 15) is 4.79 Å². The van der Waals surface area contributed by atoms with Gasteiger partial charge in [0.15, 0.2) is 0 Å². The molecular formula is C9H11N2O. The van der Waals surface area contributed by atoms with Gasteiger partial charge in [-0.2, -0.15) is 0 Å². The lowest BCUT2D eigenvalue weighted by Crippen LogP contribution is -2.27. The van der Waals surface area contributed by atoms with Crippen molar-refractivity contribution in [2.45, 2.75) is 0 Å². The van der Waals surface area contributed by atoms with Gasteiger partial charge in [0.2, 0.25) is 0 Å². The number of rotatable bonds is 1. The average Bonchev–Trinajstić information content (AvgIpc) is 2.06. The van der Waals surface area contributed by atoms with Crippen LogP contribution in [0.3, 0.4) is 0 Å². The molecule has 0 saturated heterocycles. The van der Waals surface area contributed by atoms with Crippen molar-refractivity contribution in [2.75, 3.05) is 19.4 Å². The number of hydrogen-bond acceptors (Lipinski definition) is 1. The number of carbonyl (C=O) groups excluding carboxylic acids is 1. The minimum atomic E-state index is -0.130. The van der Waals surface area contributed by atoms with E-state index in [2.05, 4.69) is 11.4 Å². The zero-order valence-corrected chi connectivity index (χ0v) is 7.16. The van der Waals surface area contributed by atoms with Crippen LogP contribution in [-0.2, 0) is 0 Å². The Hall–Kier alpha value is -1.51. The molecule has 0 unspecified atom stereocenters. The van der Waals surface area contributed by atoms with Crippen LogP contribution in [0.15, 0.2) is 24.3 Å². The summed E-state index contributed by atoms with van der Waals surface area (Å²) < 4.78 is 0. The number of hydrogen-bond donors (Lipinski definition) is 1. The fourth-order valence-electron chi connectivity index (χ4n) is 0.706. The summed E-state index contributed by atoms with van der Waals surface area (Å²) in [6, 6.07) is 9.89. The van der Waals surface area contributed by atoms with Crippen LogP contribution >= 0.6 is 0 Å². The molecule has 0 bridgehead atoms. The van der Waals surface area contributed by atoms with Crippen molar-refractivity contribution < 1.29 is 4.79 Å². The van der Waals surface area contributed by atoms with Gasteiger partial charge in [0, 0.05) is 19.8 Å². The molecular weight excluding hydrogens is 152 g/mol. The van der Waals surface area contributed by atoms with E-state index >= 15 is 0 Å². The van der Waals surface area contributed by atoms with E-state index in [1.54, 1.807) is 26.2 Å². The van der Waals surface area contributed by atoms with Gasteiger partial charge < -0.3 is 10.2 Å².